The van der Waals surface area contributed by atoms with Gasteiger partial charge in [0.05, 0.1) is 6.61 Å². The van der Waals surface area contributed by atoms with Crippen LogP contribution >= 0.6 is 0 Å². The quantitative estimate of drug-likeness (QED) is 0.839. The molecule has 5 heteroatoms. The maximum absolute atomic E-state index is 13.7. The largest absolute Gasteiger partial charge is 0.381 e. The number of H-pyrrole nitrogens is 1. The summed E-state index contributed by atoms with van der Waals surface area (Å²) in [4.78, 5) is 18.0. The Balaban J connectivity index is 2.21. The molecular formula is C13H13FN2O2. The lowest BCUT2D eigenvalue weighted by Gasteiger charge is -2.22. The van der Waals surface area contributed by atoms with Crippen LogP contribution in [-0.4, -0.2) is 23.2 Å². The number of para-hydroxylation sites is 1. The second-order valence-electron chi connectivity index (χ2n) is 4.51. The molecule has 0 saturated carbocycles. The van der Waals surface area contributed by atoms with E-state index in [2.05, 4.69) is 9.97 Å². The molecule has 1 aliphatic rings. The van der Waals surface area contributed by atoms with E-state index in [0.29, 0.717) is 12.0 Å². The fourth-order valence-corrected chi connectivity index (χ4v) is 2.45. The van der Waals surface area contributed by atoms with E-state index < -0.39 is 11.5 Å². The fourth-order valence-electron chi connectivity index (χ4n) is 2.45. The summed E-state index contributed by atoms with van der Waals surface area (Å²) in [7, 11) is 0. The van der Waals surface area contributed by atoms with Gasteiger partial charge in [-0.2, -0.15) is 4.98 Å². The van der Waals surface area contributed by atoms with Crippen LogP contribution in [0.1, 0.15) is 24.5 Å². The average Bonchev–Trinajstić information content (AvgIpc) is 2.40. The topological polar surface area (TPSA) is 55.0 Å². The van der Waals surface area contributed by atoms with Crippen molar-refractivity contribution >= 4 is 10.9 Å². The molecule has 1 atom stereocenters. The van der Waals surface area contributed by atoms with Gasteiger partial charge in [0, 0.05) is 23.6 Å². The molecule has 18 heavy (non-hydrogen) atoms. The zero-order valence-electron chi connectivity index (χ0n) is 9.78. The van der Waals surface area contributed by atoms with Crippen molar-refractivity contribution in [3.8, 4) is 0 Å². The predicted molar refractivity (Wildman–Crippen MR) is 65.1 cm³/mol. The predicted octanol–water partition coefficient (Wildman–Crippen LogP) is 1.96. The molecule has 4 nitrogen and oxygen atoms in total. The number of aromatic nitrogens is 2. The van der Waals surface area contributed by atoms with Gasteiger partial charge in [-0.15, -0.1) is 0 Å². The zero-order valence-corrected chi connectivity index (χ0v) is 9.78. The maximum Gasteiger partial charge on any atom is 0.345 e. The van der Waals surface area contributed by atoms with Crippen LogP contribution in [0.25, 0.3) is 10.9 Å². The first-order valence-electron chi connectivity index (χ1n) is 6.02. The van der Waals surface area contributed by atoms with Crippen LogP contribution < -0.4 is 5.69 Å². The van der Waals surface area contributed by atoms with E-state index >= 15 is 0 Å². The number of ether oxygens (including phenoxy) is 1. The molecule has 0 spiro atoms. The molecule has 0 radical (unpaired) electrons. The van der Waals surface area contributed by atoms with Crippen LogP contribution in [0.15, 0.2) is 23.0 Å². The van der Waals surface area contributed by atoms with Crippen molar-refractivity contribution in [3.05, 3.63) is 40.2 Å². The number of nitrogens with zero attached hydrogens (tertiary/aromatic N) is 1. The second-order valence-corrected chi connectivity index (χ2v) is 4.51. The maximum atomic E-state index is 13.7. The molecular weight excluding hydrogens is 235 g/mol. The van der Waals surface area contributed by atoms with E-state index in [-0.39, 0.29) is 11.4 Å². The van der Waals surface area contributed by atoms with E-state index in [9.17, 15) is 9.18 Å². The number of hydrogen-bond donors (Lipinski definition) is 1. The lowest BCUT2D eigenvalue weighted by Crippen LogP contribution is -2.21. The molecule has 1 fully saturated rings. The van der Waals surface area contributed by atoms with Gasteiger partial charge >= 0.3 is 5.69 Å². The van der Waals surface area contributed by atoms with E-state index in [1.807, 2.05) is 0 Å². The van der Waals surface area contributed by atoms with Crippen molar-refractivity contribution in [3.63, 3.8) is 0 Å². The number of aromatic amines is 1. The standard InChI is InChI=1S/C13H13FN2O2/c14-10-5-1-4-9-11(8-3-2-6-18-7-8)15-13(17)16-12(9)10/h1,4-5,8H,2-3,6-7H2,(H,15,16,17). The van der Waals surface area contributed by atoms with Crippen molar-refractivity contribution in [1.29, 1.82) is 0 Å². The van der Waals surface area contributed by atoms with Gasteiger partial charge in [-0.05, 0) is 18.9 Å². The van der Waals surface area contributed by atoms with E-state index in [1.54, 1.807) is 12.1 Å². The Labute approximate surface area is 103 Å². The fraction of sp³-hybridized carbons (Fsp3) is 0.385. The van der Waals surface area contributed by atoms with E-state index in [1.165, 1.54) is 6.07 Å². The Morgan fingerprint density at radius 2 is 2.33 bits per heavy atom. The highest BCUT2D eigenvalue weighted by atomic mass is 19.1. The van der Waals surface area contributed by atoms with Gasteiger partial charge in [-0.1, -0.05) is 12.1 Å². The first kappa shape index (κ1) is 11.3. The molecule has 94 valence electrons. The number of benzene rings is 1. The Bertz CT molecular complexity index is 632. The highest BCUT2D eigenvalue weighted by molar-refractivity contribution is 5.81. The summed E-state index contributed by atoms with van der Waals surface area (Å²) >= 11 is 0. The van der Waals surface area contributed by atoms with Crippen molar-refractivity contribution in [2.75, 3.05) is 13.2 Å². The van der Waals surface area contributed by atoms with Crippen LogP contribution in [0.2, 0.25) is 0 Å². The minimum atomic E-state index is -0.506. The van der Waals surface area contributed by atoms with Crippen LogP contribution in [0, 0.1) is 5.82 Å². The Hall–Kier alpha value is -1.75. The third kappa shape index (κ3) is 1.90. The van der Waals surface area contributed by atoms with Gasteiger partial charge in [0.1, 0.15) is 11.3 Å². The van der Waals surface area contributed by atoms with Crippen LogP contribution in [0.5, 0.6) is 0 Å². The summed E-state index contributed by atoms with van der Waals surface area (Å²) < 4.78 is 19.1. The summed E-state index contributed by atoms with van der Waals surface area (Å²) in [6, 6.07) is 4.73. The Morgan fingerprint density at radius 1 is 1.44 bits per heavy atom. The lowest BCUT2D eigenvalue weighted by atomic mass is 9.95. The second kappa shape index (κ2) is 4.49. The Kier molecular flexibility index (Phi) is 2.83. The van der Waals surface area contributed by atoms with Gasteiger partial charge < -0.3 is 9.72 Å². The summed E-state index contributed by atoms with van der Waals surface area (Å²) in [5.41, 5.74) is 0.374. The summed E-state index contributed by atoms with van der Waals surface area (Å²) in [6.45, 7) is 1.31. The molecule has 1 saturated heterocycles. The number of halogens is 1. The monoisotopic (exact) mass is 248 g/mol. The van der Waals surface area contributed by atoms with Crippen LogP contribution in [-0.2, 0) is 4.74 Å². The van der Waals surface area contributed by atoms with E-state index in [0.717, 1.165) is 25.1 Å². The average molecular weight is 248 g/mol. The lowest BCUT2D eigenvalue weighted by molar-refractivity contribution is 0.0796. The summed E-state index contributed by atoms with van der Waals surface area (Å²) in [5.74, 6) is -0.352. The molecule has 1 aliphatic heterocycles. The van der Waals surface area contributed by atoms with Crippen molar-refractivity contribution < 1.29 is 9.13 Å². The molecule has 1 unspecified atom stereocenters. The van der Waals surface area contributed by atoms with Crippen molar-refractivity contribution in [2.45, 2.75) is 18.8 Å². The molecule has 0 amide bonds. The zero-order chi connectivity index (χ0) is 12.5. The smallest absolute Gasteiger partial charge is 0.345 e. The molecule has 2 aromatic rings. The number of hydrogen-bond acceptors (Lipinski definition) is 3. The number of fused-ring (bicyclic) bond motifs is 1. The van der Waals surface area contributed by atoms with Crippen LogP contribution in [0.4, 0.5) is 4.39 Å². The third-order valence-corrected chi connectivity index (χ3v) is 3.30. The molecule has 1 aromatic heterocycles. The van der Waals surface area contributed by atoms with Gasteiger partial charge in [-0.25, -0.2) is 9.18 Å². The van der Waals surface area contributed by atoms with Gasteiger partial charge in [-0.3, -0.25) is 0 Å². The molecule has 1 N–H and O–H groups in total. The first-order chi connectivity index (χ1) is 8.75. The van der Waals surface area contributed by atoms with Crippen LogP contribution in [0.3, 0.4) is 0 Å². The minimum Gasteiger partial charge on any atom is -0.381 e. The Morgan fingerprint density at radius 3 is 3.11 bits per heavy atom. The molecule has 2 heterocycles. The number of rotatable bonds is 1. The highest BCUT2D eigenvalue weighted by Gasteiger charge is 2.20. The molecule has 0 aliphatic carbocycles. The first-order valence-corrected chi connectivity index (χ1v) is 6.02. The molecule has 0 bridgehead atoms. The van der Waals surface area contributed by atoms with Gasteiger partial charge in [0.25, 0.3) is 0 Å². The summed E-state index contributed by atoms with van der Waals surface area (Å²) in [6.07, 6.45) is 1.89. The van der Waals surface area contributed by atoms with E-state index in [4.69, 9.17) is 4.74 Å². The van der Waals surface area contributed by atoms with Gasteiger partial charge in [0.15, 0.2) is 0 Å². The summed E-state index contributed by atoms with van der Waals surface area (Å²) in [5, 5.41) is 0.671. The highest BCUT2D eigenvalue weighted by Crippen LogP contribution is 2.28. The normalized spacial score (nSPS) is 20.2. The SMILES string of the molecule is O=c1nc2c(F)cccc2c(C2CCCOC2)[nH]1. The van der Waals surface area contributed by atoms with Crippen molar-refractivity contribution in [1.82, 2.24) is 9.97 Å². The molecule has 3 rings (SSSR count). The third-order valence-electron chi connectivity index (χ3n) is 3.30. The minimum absolute atomic E-state index is 0.110. The molecule has 1 aromatic carbocycles. The van der Waals surface area contributed by atoms with Gasteiger partial charge in [0.2, 0.25) is 0 Å². The number of nitrogens with one attached hydrogen (secondary N) is 1. The van der Waals surface area contributed by atoms with Crippen molar-refractivity contribution in [2.24, 2.45) is 0 Å².